The average molecular weight is 737 g/mol. The van der Waals surface area contributed by atoms with Gasteiger partial charge in [-0.3, -0.25) is 0 Å². The quantitative estimate of drug-likeness (QED) is 0.125. The Morgan fingerprint density at radius 2 is 0.727 bits per heavy atom. The minimum Gasteiger partial charge on any atom is -0.453 e. The summed E-state index contributed by atoms with van der Waals surface area (Å²) in [6.45, 7) is 0. The molecule has 6 heteroatoms. The van der Waals surface area contributed by atoms with E-state index in [1.807, 2.05) is 212 Å². The van der Waals surface area contributed by atoms with Gasteiger partial charge >= 0.3 is 5.97 Å². The topological polar surface area (TPSA) is 54.0 Å². The number of rotatable bonds is 12. The van der Waals surface area contributed by atoms with Gasteiger partial charge in [0.05, 0.1) is 5.56 Å². The number of carbonyl (C=O) groups is 1. The lowest BCUT2D eigenvalue weighted by Gasteiger charge is -2.40. The van der Waals surface area contributed by atoms with Gasteiger partial charge in [-0.05, 0) is 88.7 Å². The predicted octanol–water partition coefficient (Wildman–Crippen LogP) is 13.8. The Hall–Kier alpha value is -7.02. The summed E-state index contributed by atoms with van der Waals surface area (Å²) < 4.78 is 27.2. The van der Waals surface area contributed by atoms with Crippen LogP contribution >= 0.6 is 10.3 Å². The molecule has 0 heterocycles. The molecule has 0 saturated heterocycles. The summed E-state index contributed by atoms with van der Waals surface area (Å²) in [5.41, 5.74) is 1.45. The van der Waals surface area contributed by atoms with Gasteiger partial charge in [0.15, 0.2) is 11.5 Å². The van der Waals surface area contributed by atoms with Crippen LogP contribution in [0.25, 0.3) is 11.1 Å². The summed E-state index contributed by atoms with van der Waals surface area (Å²) in [6, 6.07) is 69.5. The van der Waals surface area contributed by atoms with E-state index in [1.54, 1.807) is 6.07 Å². The van der Waals surface area contributed by atoms with Crippen LogP contribution in [0.5, 0.6) is 34.5 Å². The van der Waals surface area contributed by atoms with E-state index in [-0.39, 0.29) is 11.3 Å². The fourth-order valence-corrected chi connectivity index (χ4v) is 9.36. The van der Waals surface area contributed by atoms with Crippen LogP contribution in [0.1, 0.15) is 10.4 Å². The standard InChI is InChI=1S/C49H36O5S/c50-49(54-55(41-30-16-5-17-31-41,42-32-18-6-19-33-42)43-34-20-7-21-35-43)44-36-45(51-38-24-10-2-11-25-38)47(52-39-26-12-3-13-27-39)48(53-40-28-14-4-15-29-40)46(44)37-22-8-1-9-23-37/h1-36H. The van der Waals surface area contributed by atoms with Crippen LogP contribution < -0.4 is 14.2 Å². The van der Waals surface area contributed by atoms with Crippen molar-refractivity contribution in [3.05, 3.63) is 224 Å². The highest BCUT2D eigenvalue weighted by atomic mass is 32.3. The van der Waals surface area contributed by atoms with Crippen molar-refractivity contribution in [3.8, 4) is 45.6 Å². The smallest absolute Gasteiger partial charge is 0.350 e. The molecule has 0 aromatic heterocycles. The van der Waals surface area contributed by atoms with Gasteiger partial charge in [-0.2, -0.15) is 0 Å². The molecular weight excluding hydrogens is 701 g/mol. The van der Waals surface area contributed by atoms with Crippen molar-refractivity contribution >= 4 is 16.3 Å². The summed E-state index contributed by atoms with van der Waals surface area (Å²) in [6.07, 6.45) is 0. The molecule has 0 aliphatic carbocycles. The molecule has 8 aromatic carbocycles. The molecule has 0 fully saturated rings. The molecule has 8 rings (SSSR count). The van der Waals surface area contributed by atoms with E-state index in [4.69, 9.17) is 18.4 Å². The second-order valence-electron chi connectivity index (χ2n) is 12.4. The van der Waals surface area contributed by atoms with Gasteiger partial charge in [0.2, 0.25) is 5.75 Å². The Kier molecular flexibility index (Phi) is 10.4. The van der Waals surface area contributed by atoms with Crippen molar-refractivity contribution in [2.24, 2.45) is 0 Å². The zero-order valence-corrected chi connectivity index (χ0v) is 30.6. The first kappa shape index (κ1) is 35.0. The fraction of sp³-hybridized carbons (Fsp3) is 0. The minimum atomic E-state index is -2.64. The summed E-state index contributed by atoms with van der Waals surface area (Å²) in [7, 11) is -2.64. The molecule has 268 valence electrons. The minimum absolute atomic E-state index is 0.239. The highest BCUT2D eigenvalue weighted by molar-refractivity contribution is 8.30. The fourth-order valence-electron chi connectivity index (χ4n) is 6.31. The third-order valence-corrected chi connectivity index (χ3v) is 12.0. The molecule has 0 atom stereocenters. The molecule has 0 saturated carbocycles. The zero-order valence-electron chi connectivity index (χ0n) is 29.7. The van der Waals surface area contributed by atoms with Gasteiger partial charge in [-0.1, -0.05) is 140 Å². The molecule has 5 nitrogen and oxygen atoms in total. The maximum atomic E-state index is 15.5. The Balaban J connectivity index is 1.41. The van der Waals surface area contributed by atoms with Crippen LogP contribution in [-0.4, -0.2) is 5.97 Å². The van der Waals surface area contributed by atoms with E-state index >= 15 is 4.79 Å². The zero-order chi connectivity index (χ0) is 37.3. The number of hydrogen-bond acceptors (Lipinski definition) is 5. The third kappa shape index (κ3) is 7.58. The summed E-state index contributed by atoms with van der Waals surface area (Å²) in [5.74, 6) is 1.96. The second-order valence-corrected chi connectivity index (χ2v) is 15.1. The van der Waals surface area contributed by atoms with Crippen molar-refractivity contribution in [1.82, 2.24) is 0 Å². The lowest BCUT2D eigenvalue weighted by atomic mass is 9.97. The number of carbonyl (C=O) groups excluding carboxylic acids is 1. The third-order valence-electron chi connectivity index (χ3n) is 8.81. The molecule has 0 unspecified atom stereocenters. The van der Waals surface area contributed by atoms with E-state index in [0.29, 0.717) is 34.3 Å². The van der Waals surface area contributed by atoms with E-state index in [0.717, 1.165) is 20.2 Å². The van der Waals surface area contributed by atoms with Crippen LogP contribution in [-0.2, 0) is 4.18 Å². The van der Waals surface area contributed by atoms with Crippen molar-refractivity contribution < 1.29 is 23.2 Å². The summed E-state index contributed by atoms with van der Waals surface area (Å²) in [4.78, 5) is 18.1. The Bertz CT molecular complexity index is 2370. The van der Waals surface area contributed by atoms with Crippen molar-refractivity contribution in [3.63, 3.8) is 0 Å². The van der Waals surface area contributed by atoms with Crippen molar-refractivity contribution in [2.75, 3.05) is 0 Å². The lowest BCUT2D eigenvalue weighted by Crippen LogP contribution is -2.15. The predicted molar refractivity (Wildman–Crippen MR) is 219 cm³/mol. The molecule has 0 aliphatic rings. The molecular formula is C49H36O5S. The van der Waals surface area contributed by atoms with E-state index in [1.165, 1.54) is 0 Å². The van der Waals surface area contributed by atoms with E-state index in [9.17, 15) is 0 Å². The largest absolute Gasteiger partial charge is 0.453 e. The monoisotopic (exact) mass is 736 g/mol. The summed E-state index contributed by atoms with van der Waals surface area (Å²) >= 11 is 0. The number of para-hydroxylation sites is 3. The Labute approximate surface area is 322 Å². The lowest BCUT2D eigenvalue weighted by molar-refractivity contribution is 0.0757. The van der Waals surface area contributed by atoms with Crippen molar-refractivity contribution in [1.29, 1.82) is 0 Å². The van der Waals surface area contributed by atoms with E-state index in [2.05, 4.69) is 0 Å². The van der Waals surface area contributed by atoms with Crippen LogP contribution in [0.3, 0.4) is 0 Å². The number of benzene rings is 8. The van der Waals surface area contributed by atoms with Crippen LogP contribution in [0.4, 0.5) is 0 Å². The maximum Gasteiger partial charge on any atom is 0.350 e. The Morgan fingerprint density at radius 3 is 1.15 bits per heavy atom. The van der Waals surface area contributed by atoms with Gasteiger partial charge in [-0.15, -0.1) is 0 Å². The van der Waals surface area contributed by atoms with Crippen LogP contribution in [0.2, 0.25) is 0 Å². The van der Waals surface area contributed by atoms with Crippen molar-refractivity contribution in [2.45, 2.75) is 14.7 Å². The Morgan fingerprint density at radius 1 is 0.382 bits per heavy atom. The molecule has 0 amide bonds. The first-order valence-electron chi connectivity index (χ1n) is 17.9. The van der Waals surface area contributed by atoms with Gasteiger partial charge in [0.1, 0.15) is 17.2 Å². The molecule has 0 spiro atoms. The number of ether oxygens (including phenoxy) is 3. The van der Waals surface area contributed by atoms with Gasteiger partial charge < -0.3 is 18.4 Å². The molecule has 55 heavy (non-hydrogen) atoms. The molecule has 0 radical (unpaired) electrons. The average Bonchev–Trinajstić information content (AvgIpc) is 3.26. The summed E-state index contributed by atoms with van der Waals surface area (Å²) in [5, 5.41) is 0. The van der Waals surface area contributed by atoms with Gasteiger partial charge in [0.25, 0.3) is 0 Å². The highest BCUT2D eigenvalue weighted by Crippen LogP contribution is 2.69. The highest BCUT2D eigenvalue weighted by Gasteiger charge is 2.38. The second kappa shape index (κ2) is 16.3. The van der Waals surface area contributed by atoms with E-state index < -0.39 is 16.3 Å². The first-order chi connectivity index (χ1) is 27.2. The molecule has 0 aliphatic heterocycles. The SMILES string of the molecule is O=C(OS(c1ccccc1)(c1ccccc1)c1ccccc1)c1cc(Oc2ccccc2)c(Oc2ccccc2)c(Oc2ccccc2)c1-c1ccccc1. The molecule has 0 bridgehead atoms. The molecule has 8 aromatic rings. The van der Waals surface area contributed by atoms with Gasteiger partial charge in [-0.25, -0.2) is 4.79 Å². The molecule has 0 N–H and O–H groups in total. The number of hydrogen-bond donors (Lipinski definition) is 0. The van der Waals surface area contributed by atoms with Crippen LogP contribution in [0.15, 0.2) is 233 Å². The maximum absolute atomic E-state index is 15.5. The van der Waals surface area contributed by atoms with Gasteiger partial charge in [0, 0.05) is 26.3 Å². The normalized spacial score (nSPS) is 11.3. The van der Waals surface area contributed by atoms with Crippen LogP contribution in [0, 0.1) is 0 Å². The first-order valence-corrected chi connectivity index (χ1v) is 19.4.